The number of alkyl halides is 3. The summed E-state index contributed by atoms with van der Waals surface area (Å²) in [5, 5.41) is 3.36. The minimum atomic E-state index is -4.21. The van der Waals surface area contributed by atoms with E-state index in [1.807, 2.05) is 0 Å². The van der Waals surface area contributed by atoms with Crippen molar-refractivity contribution in [1.29, 1.82) is 0 Å². The molecule has 0 aromatic heterocycles. The summed E-state index contributed by atoms with van der Waals surface area (Å²) in [4.78, 5) is 0.228. The van der Waals surface area contributed by atoms with Crippen molar-refractivity contribution in [3.63, 3.8) is 0 Å². The average molecular weight is 289 g/mol. The van der Waals surface area contributed by atoms with Crippen LogP contribution in [0.2, 0.25) is 0 Å². The molecule has 0 atom stereocenters. The molecule has 0 aliphatic heterocycles. The Labute approximate surface area is 116 Å². The van der Waals surface area contributed by atoms with Crippen LogP contribution in [0.15, 0.2) is 29.2 Å². The van der Waals surface area contributed by atoms with Crippen LogP contribution in [0.25, 0.3) is 0 Å². The molecule has 5 heteroatoms. The minimum Gasteiger partial charge on any atom is -0.382 e. The summed E-state index contributed by atoms with van der Waals surface area (Å²) in [6.07, 6.45) is 2.30. The van der Waals surface area contributed by atoms with Crippen LogP contribution in [-0.4, -0.2) is 11.6 Å². The zero-order valence-corrected chi connectivity index (χ0v) is 11.8. The molecule has 0 radical (unpaired) electrons. The van der Waals surface area contributed by atoms with Crippen molar-refractivity contribution in [2.24, 2.45) is 11.8 Å². The van der Waals surface area contributed by atoms with E-state index in [9.17, 15) is 13.2 Å². The van der Waals surface area contributed by atoms with E-state index in [0.29, 0.717) is 12.0 Å². The fourth-order valence-corrected chi connectivity index (χ4v) is 2.85. The zero-order valence-electron chi connectivity index (χ0n) is 11.0. The first kappa shape index (κ1) is 14.6. The maximum atomic E-state index is 12.2. The van der Waals surface area contributed by atoms with Gasteiger partial charge in [-0.05, 0) is 60.7 Å². The molecule has 1 nitrogen and oxygen atoms in total. The molecule has 1 fully saturated rings. The molecule has 106 valence electrons. The fraction of sp³-hybridized carbons (Fsp3) is 0.571. The summed E-state index contributed by atoms with van der Waals surface area (Å²) in [7, 11) is 0. The molecular formula is C14H18F3NS. The second-order valence-corrected chi connectivity index (χ2v) is 6.53. The third kappa shape index (κ3) is 4.34. The molecule has 1 aliphatic rings. The van der Waals surface area contributed by atoms with E-state index < -0.39 is 5.51 Å². The van der Waals surface area contributed by atoms with E-state index in [1.165, 1.54) is 12.1 Å². The van der Waals surface area contributed by atoms with Gasteiger partial charge in [-0.15, -0.1) is 0 Å². The topological polar surface area (TPSA) is 12.0 Å². The first-order valence-electron chi connectivity index (χ1n) is 6.46. The lowest BCUT2D eigenvalue weighted by atomic mass is 9.73. The predicted molar refractivity (Wildman–Crippen MR) is 73.3 cm³/mol. The summed E-state index contributed by atoms with van der Waals surface area (Å²) < 4.78 is 36.5. The van der Waals surface area contributed by atoms with Crippen LogP contribution in [0.3, 0.4) is 0 Å². The van der Waals surface area contributed by atoms with E-state index >= 15 is 0 Å². The van der Waals surface area contributed by atoms with Crippen molar-refractivity contribution in [1.82, 2.24) is 0 Å². The summed E-state index contributed by atoms with van der Waals surface area (Å²) in [5.41, 5.74) is -3.31. The first-order chi connectivity index (χ1) is 8.83. The molecule has 1 N–H and O–H groups in total. The molecule has 1 aliphatic carbocycles. The van der Waals surface area contributed by atoms with Gasteiger partial charge in [0.2, 0.25) is 0 Å². The summed E-state index contributed by atoms with van der Waals surface area (Å²) >= 11 is -0.0754. The molecule has 0 spiro atoms. The van der Waals surface area contributed by atoms with Crippen LogP contribution < -0.4 is 5.32 Å². The Bertz CT molecular complexity index is 408. The second kappa shape index (κ2) is 5.65. The van der Waals surface area contributed by atoms with Crippen molar-refractivity contribution < 1.29 is 13.2 Å². The monoisotopic (exact) mass is 289 g/mol. The van der Waals surface area contributed by atoms with E-state index in [2.05, 4.69) is 19.2 Å². The molecule has 19 heavy (non-hydrogen) atoms. The quantitative estimate of drug-likeness (QED) is 0.770. The lowest BCUT2D eigenvalue weighted by Gasteiger charge is -2.39. The number of thioether (sulfide) groups is 1. The lowest BCUT2D eigenvalue weighted by molar-refractivity contribution is -0.0328. The second-order valence-electron chi connectivity index (χ2n) is 5.39. The SMILES string of the molecule is CC(C)C1CC(Nc2ccc(SC(F)(F)F)cc2)C1. The van der Waals surface area contributed by atoms with Crippen molar-refractivity contribution in [3.05, 3.63) is 24.3 Å². The Balaban J connectivity index is 1.83. The number of benzene rings is 1. The van der Waals surface area contributed by atoms with Crippen LogP contribution >= 0.6 is 11.8 Å². The molecular weight excluding hydrogens is 271 g/mol. The Morgan fingerprint density at radius 2 is 1.74 bits per heavy atom. The summed E-state index contributed by atoms with van der Waals surface area (Å²) in [6, 6.07) is 6.93. The Hall–Kier alpha value is -0.840. The smallest absolute Gasteiger partial charge is 0.382 e. The highest BCUT2D eigenvalue weighted by Gasteiger charge is 2.31. The van der Waals surface area contributed by atoms with Crippen LogP contribution in [0.5, 0.6) is 0 Å². The number of rotatable bonds is 4. The van der Waals surface area contributed by atoms with E-state index in [1.54, 1.807) is 12.1 Å². The van der Waals surface area contributed by atoms with Crippen molar-refractivity contribution in [2.45, 2.75) is 43.1 Å². The molecule has 0 unspecified atom stereocenters. The number of halogens is 3. The average Bonchev–Trinajstić information content (AvgIpc) is 2.22. The van der Waals surface area contributed by atoms with E-state index in [-0.39, 0.29) is 16.7 Å². The van der Waals surface area contributed by atoms with Gasteiger partial charge in [0.25, 0.3) is 0 Å². The van der Waals surface area contributed by atoms with E-state index in [4.69, 9.17) is 0 Å². The van der Waals surface area contributed by atoms with Gasteiger partial charge in [-0.25, -0.2) is 0 Å². The Kier molecular flexibility index (Phi) is 4.33. The molecule has 0 bridgehead atoms. The van der Waals surface area contributed by atoms with Gasteiger partial charge in [-0.3, -0.25) is 0 Å². The van der Waals surface area contributed by atoms with Crippen molar-refractivity contribution in [2.75, 3.05) is 5.32 Å². The Morgan fingerprint density at radius 3 is 2.21 bits per heavy atom. The van der Waals surface area contributed by atoms with Crippen LogP contribution in [0.1, 0.15) is 26.7 Å². The number of anilines is 1. The van der Waals surface area contributed by atoms with Crippen LogP contribution in [-0.2, 0) is 0 Å². The number of hydrogen-bond donors (Lipinski definition) is 1. The summed E-state index contributed by atoms with van der Waals surface area (Å²) in [6.45, 7) is 4.45. The molecule has 1 aromatic carbocycles. The molecule has 1 aromatic rings. The van der Waals surface area contributed by atoms with E-state index in [0.717, 1.165) is 24.4 Å². The van der Waals surface area contributed by atoms with Gasteiger partial charge in [0.15, 0.2) is 0 Å². The lowest BCUT2D eigenvalue weighted by Crippen LogP contribution is -2.37. The van der Waals surface area contributed by atoms with Crippen molar-refractivity contribution in [3.8, 4) is 0 Å². The standard InChI is InChI=1S/C14H18F3NS/c1-9(2)10-7-12(8-10)18-11-3-5-13(6-4-11)19-14(15,16)17/h3-6,9-10,12,18H,7-8H2,1-2H3. The van der Waals surface area contributed by atoms with Gasteiger partial charge in [0.05, 0.1) is 0 Å². The van der Waals surface area contributed by atoms with Gasteiger partial charge < -0.3 is 5.32 Å². The first-order valence-corrected chi connectivity index (χ1v) is 7.27. The fourth-order valence-electron chi connectivity index (χ4n) is 2.31. The predicted octanol–water partition coefficient (Wildman–Crippen LogP) is 5.15. The molecule has 0 saturated heterocycles. The Morgan fingerprint density at radius 1 is 1.16 bits per heavy atom. The van der Waals surface area contributed by atoms with Gasteiger partial charge in [-0.2, -0.15) is 13.2 Å². The molecule has 0 amide bonds. The van der Waals surface area contributed by atoms with Crippen LogP contribution in [0.4, 0.5) is 18.9 Å². The molecule has 2 rings (SSSR count). The van der Waals surface area contributed by atoms with Crippen LogP contribution in [0, 0.1) is 11.8 Å². The minimum absolute atomic E-state index is 0.0754. The van der Waals surface area contributed by atoms with Gasteiger partial charge >= 0.3 is 5.51 Å². The highest BCUT2D eigenvalue weighted by atomic mass is 32.2. The molecule has 0 heterocycles. The highest BCUT2D eigenvalue weighted by Crippen LogP contribution is 2.38. The largest absolute Gasteiger partial charge is 0.446 e. The zero-order chi connectivity index (χ0) is 14.0. The highest BCUT2D eigenvalue weighted by molar-refractivity contribution is 8.00. The normalized spacial score (nSPS) is 23.3. The third-order valence-electron chi connectivity index (χ3n) is 3.58. The molecule has 1 saturated carbocycles. The summed E-state index contributed by atoms with van der Waals surface area (Å²) in [5.74, 6) is 1.49. The number of nitrogens with one attached hydrogen (secondary N) is 1. The number of hydrogen-bond acceptors (Lipinski definition) is 2. The van der Waals surface area contributed by atoms with Gasteiger partial charge in [-0.1, -0.05) is 13.8 Å². The third-order valence-corrected chi connectivity index (χ3v) is 4.32. The van der Waals surface area contributed by atoms with Crippen molar-refractivity contribution >= 4 is 17.4 Å². The van der Waals surface area contributed by atoms with Gasteiger partial charge in [0, 0.05) is 16.6 Å². The maximum absolute atomic E-state index is 12.2. The maximum Gasteiger partial charge on any atom is 0.446 e. The van der Waals surface area contributed by atoms with Gasteiger partial charge in [0.1, 0.15) is 0 Å².